The monoisotopic (exact) mass is 209 g/mol. The van der Waals surface area contributed by atoms with Crippen LogP contribution in [0.5, 0.6) is 0 Å². The van der Waals surface area contributed by atoms with Gasteiger partial charge in [0.1, 0.15) is 5.82 Å². The minimum Gasteiger partial charge on any atom is -0.372 e. The fraction of sp³-hybridized carbons (Fsp3) is 0.500. The molecule has 0 amide bonds. The standard InChI is InChI=1S/C12H16FNO/c1-9-7-14-8-12(15-9)6-10-2-4-11(13)5-3-10/h2-5,9,12,14H,6-8H2,1H3. The molecule has 15 heavy (non-hydrogen) atoms. The van der Waals surface area contributed by atoms with E-state index < -0.39 is 0 Å². The minimum absolute atomic E-state index is 0.185. The zero-order chi connectivity index (χ0) is 10.7. The maximum Gasteiger partial charge on any atom is 0.123 e. The van der Waals surface area contributed by atoms with Gasteiger partial charge in [0.05, 0.1) is 12.2 Å². The Kier molecular flexibility index (Phi) is 3.34. The third-order valence-electron chi connectivity index (χ3n) is 2.61. The van der Waals surface area contributed by atoms with Crippen LogP contribution in [0.25, 0.3) is 0 Å². The molecule has 0 aromatic heterocycles. The molecule has 1 saturated heterocycles. The molecule has 0 aliphatic carbocycles. The second kappa shape index (κ2) is 4.73. The number of benzene rings is 1. The quantitative estimate of drug-likeness (QED) is 0.801. The van der Waals surface area contributed by atoms with Crippen LogP contribution in [0.4, 0.5) is 4.39 Å². The fourth-order valence-electron chi connectivity index (χ4n) is 1.88. The summed E-state index contributed by atoms with van der Waals surface area (Å²) in [6, 6.07) is 6.62. The van der Waals surface area contributed by atoms with Gasteiger partial charge < -0.3 is 10.1 Å². The van der Waals surface area contributed by atoms with Crippen molar-refractivity contribution >= 4 is 0 Å². The summed E-state index contributed by atoms with van der Waals surface area (Å²) in [7, 11) is 0. The predicted molar refractivity (Wildman–Crippen MR) is 57.3 cm³/mol. The Morgan fingerprint density at radius 3 is 2.73 bits per heavy atom. The highest BCUT2D eigenvalue weighted by Crippen LogP contribution is 2.11. The van der Waals surface area contributed by atoms with Crippen molar-refractivity contribution in [1.29, 1.82) is 0 Å². The van der Waals surface area contributed by atoms with Crippen LogP contribution < -0.4 is 5.32 Å². The molecule has 1 N–H and O–H groups in total. The van der Waals surface area contributed by atoms with Crippen molar-refractivity contribution in [2.75, 3.05) is 13.1 Å². The Morgan fingerprint density at radius 1 is 1.33 bits per heavy atom. The van der Waals surface area contributed by atoms with E-state index in [9.17, 15) is 4.39 Å². The molecule has 1 aliphatic rings. The van der Waals surface area contributed by atoms with Gasteiger partial charge in [0.25, 0.3) is 0 Å². The summed E-state index contributed by atoms with van der Waals surface area (Å²) in [6.45, 7) is 3.85. The summed E-state index contributed by atoms with van der Waals surface area (Å²) >= 11 is 0. The van der Waals surface area contributed by atoms with E-state index in [1.54, 1.807) is 0 Å². The third kappa shape index (κ3) is 3.01. The Morgan fingerprint density at radius 2 is 2.07 bits per heavy atom. The summed E-state index contributed by atoms with van der Waals surface area (Å²) in [5.41, 5.74) is 1.12. The van der Waals surface area contributed by atoms with Crippen LogP contribution in [0, 0.1) is 5.82 Å². The van der Waals surface area contributed by atoms with Gasteiger partial charge in [0, 0.05) is 13.1 Å². The van der Waals surface area contributed by atoms with Crippen LogP contribution in [0.15, 0.2) is 24.3 Å². The van der Waals surface area contributed by atoms with Crippen LogP contribution in [-0.4, -0.2) is 25.3 Å². The van der Waals surface area contributed by atoms with E-state index in [2.05, 4.69) is 12.2 Å². The molecule has 1 heterocycles. The molecule has 0 saturated carbocycles. The van der Waals surface area contributed by atoms with Gasteiger partial charge in [-0.3, -0.25) is 0 Å². The summed E-state index contributed by atoms with van der Waals surface area (Å²) in [5, 5.41) is 3.32. The van der Waals surface area contributed by atoms with E-state index >= 15 is 0 Å². The molecule has 0 radical (unpaired) electrons. The van der Waals surface area contributed by atoms with Crippen molar-refractivity contribution < 1.29 is 9.13 Å². The Balaban J connectivity index is 1.93. The van der Waals surface area contributed by atoms with Crippen LogP contribution in [-0.2, 0) is 11.2 Å². The summed E-state index contributed by atoms with van der Waals surface area (Å²) in [6.07, 6.45) is 1.32. The van der Waals surface area contributed by atoms with Gasteiger partial charge in [-0.25, -0.2) is 4.39 Å². The van der Waals surface area contributed by atoms with Crippen molar-refractivity contribution in [1.82, 2.24) is 5.32 Å². The van der Waals surface area contributed by atoms with Crippen LogP contribution in [0.2, 0.25) is 0 Å². The smallest absolute Gasteiger partial charge is 0.123 e. The van der Waals surface area contributed by atoms with Crippen molar-refractivity contribution in [2.24, 2.45) is 0 Å². The number of hydrogen-bond donors (Lipinski definition) is 1. The second-order valence-electron chi connectivity index (χ2n) is 4.06. The van der Waals surface area contributed by atoms with Crippen LogP contribution in [0.1, 0.15) is 12.5 Å². The number of morpholine rings is 1. The van der Waals surface area contributed by atoms with E-state index in [1.165, 1.54) is 12.1 Å². The summed E-state index contributed by atoms with van der Waals surface area (Å²) in [5.74, 6) is -0.185. The lowest BCUT2D eigenvalue weighted by molar-refractivity contribution is -0.0262. The lowest BCUT2D eigenvalue weighted by atomic mass is 10.1. The van der Waals surface area contributed by atoms with Gasteiger partial charge in [0.2, 0.25) is 0 Å². The molecule has 1 fully saturated rings. The fourth-order valence-corrected chi connectivity index (χ4v) is 1.88. The zero-order valence-electron chi connectivity index (χ0n) is 8.87. The highest BCUT2D eigenvalue weighted by molar-refractivity contribution is 5.17. The first-order valence-electron chi connectivity index (χ1n) is 5.34. The van der Waals surface area contributed by atoms with Crippen molar-refractivity contribution in [3.8, 4) is 0 Å². The Hall–Kier alpha value is -0.930. The molecule has 0 spiro atoms. The summed E-state index contributed by atoms with van der Waals surface area (Å²) in [4.78, 5) is 0. The Bertz CT molecular complexity index is 312. The van der Waals surface area contributed by atoms with Gasteiger partial charge >= 0.3 is 0 Å². The van der Waals surface area contributed by atoms with E-state index in [0.29, 0.717) is 0 Å². The van der Waals surface area contributed by atoms with Crippen molar-refractivity contribution in [2.45, 2.75) is 25.6 Å². The van der Waals surface area contributed by atoms with Gasteiger partial charge in [-0.15, -0.1) is 0 Å². The highest BCUT2D eigenvalue weighted by Gasteiger charge is 2.18. The normalized spacial score (nSPS) is 26.5. The molecular weight excluding hydrogens is 193 g/mol. The number of rotatable bonds is 2. The molecule has 2 unspecified atom stereocenters. The molecule has 3 heteroatoms. The average Bonchev–Trinajstić information content (AvgIpc) is 2.22. The van der Waals surface area contributed by atoms with Crippen LogP contribution >= 0.6 is 0 Å². The molecule has 1 aromatic rings. The topological polar surface area (TPSA) is 21.3 Å². The second-order valence-corrected chi connectivity index (χ2v) is 4.06. The third-order valence-corrected chi connectivity index (χ3v) is 2.61. The van der Waals surface area contributed by atoms with Gasteiger partial charge in [-0.2, -0.15) is 0 Å². The van der Waals surface area contributed by atoms with E-state index in [1.807, 2.05) is 12.1 Å². The van der Waals surface area contributed by atoms with Crippen LogP contribution in [0.3, 0.4) is 0 Å². The van der Waals surface area contributed by atoms with Crippen molar-refractivity contribution in [3.63, 3.8) is 0 Å². The highest BCUT2D eigenvalue weighted by atomic mass is 19.1. The first kappa shape index (κ1) is 10.6. The largest absolute Gasteiger partial charge is 0.372 e. The number of ether oxygens (including phenoxy) is 1. The summed E-state index contributed by atoms with van der Waals surface area (Å²) < 4.78 is 18.4. The molecule has 1 aromatic carbocycles. The lowest BCUT2D eigenvalue weighted by Gasteiger charge is -2.28. The van der Waals surface area contributed by atoms with Gasteiger partial charge in [-0.05, 0) is 31.0 Å². The number of halogens is 1. The first-order chi connectivity index (χ1) is 7.24. The zero-order valence-corrected chi connectivity index (χ0v) is 8.87. The van der Waals surface area contributed by atoms with E-state index in [-0.39, 0.29) is 18.0 Å². The molecular formula is C12H16FNO. The molecule has 0 bridgehead atoms. The predicted octanol–water partition coefficient (Wildman–Crippen LogP) is 1.75. The van der Waals surface area contributed by atoms with Crippen molar-refractivity contribution in [3.05, 3.63) is 35.6 Å². The molecule has 82 valence electrons. The molecule has 2 atom stereocenters. The number of nitrogens with one attached hydrogen (secondary N) is 1. The number of hydrogen-bond acceptors (Lipinski definition) is 2. The maximum absolute atomic E-state index is 12.7. The molecule has 2 nitrogen and oxygen atoms in total. The average molecular weight is 209 g/mol. The van der Waals surface area contributed by atoms with E-state index in [0.717, 1.165) is 25.1 Å². The minimum atomic E-state index is -0.185. The Labute approximate surface area is 89.4 Å². The van der Waals surface area contributed by atoms with Gasteiger partial charge in [0.15, 0.2) is 0 Å². The molecule has 2 rings (SSSR count). The first-order valence-corrected chi connectivity index (χ1v) is 5.34. The molecule has 1 aliphatic heterocycles. The van der Waals surface area contributed by atoms with Gasteiger partial charge in [-0.1, -0.05) is 12.1 Å². The van der Waals surface area contributed by atoms with E-state index in [4.69, 9.17) is 4.74 Å². The maximum atomic E-state index is 12.7. The SMILES string of the molecule is CC1CNCC(Cc2ccc(F)cc2)O1. The lowest BCUT2D eigenvalue weighted by Crippen LogP contribution is -2.44.